The minimum Gasteiger partial charge on any atom is -0.497 e. The lowest BCUT2D eigenvalue weighted by atomic mass is 9.76. The molecular weight excluding hydrogens is 426 g/mol. The van der Waals surface area contributed by atoms with Gasteiger partial charge in [-0.3, -0.25) is 0 Å². The third-order valence-corrected chi connectivity index (χ3v) is 6.42. The van der Waals surface area contributed by atoms with Crippen molar-refractivity contribution in [3.8, 4) is 11.4 Å². The van der Waals surface area contributed by atoms with Crippen molar-refractivity contribution < 1.29 is 9.47 Å². The average molecular weight is 456 g/mol. The van der Waals surface area contributed by atoms with Gasteiger partial charge in [-0.25, -0.2) is 14.6 Å². The topological polar surface area (TPSA) is 67.0 Å². The Morgan fingerprint density at radius 3 is 2.85 bits per heavy atom. The molecule has 1 aliphatic heterocycles. The van der Waals surface area contributed by atoms with Crippen molar-refractivity contribution in [1.82, 2.24) is 24.3 Å². The summed E-state index contributed by atoms with van der Waals surface area (Å²) in [6.45, 7) is 2.86. The molecule has 0 fully saturated rings. The van der Waals surface area contributed by atoms with Crippen LogP contribution in [0.1, 0.15) is 42.2 Å². The van der Waals surface area contributed by atoms with Crippen LogP contribution in [0.25, 0.3) is 17.8 Å². The summed E-state index contributed by atoms with van der Waals surface area (Å²) in [5.41, 5.74) is 2.79. The molecule has 1 atom stereocenters. The summed E-state index contributed by atoms with van der Waals surface area (Å²) in [4.78, 5) is 9.26. The van der Waals surface area contributed by atoms with E-state index < -0.39 is 0 Å². The highest BCUT2D eigenvalue weighted by molar-refractivity contribution is 5.69. The number of ether oxygens (including phenoxy) is 2. The number of aryl methyl sites for hydroxylation is 2. The molecule has 2 aromatic heterocycles. The van der Waals surface area contributed by atoms with Gasteiger partial charge in [-0.15, -0.1) is 0 Å². The van der Waals surface area contributed by atoms with Crippen molar-refractivity contribution >= 4 is 12.2 Å². The second-order valence-corrected chi connectivity index (χ2v) is 8.70. The van der Waals surface area contributed by atoms with Gasteiger partial charge in [0.25, 0.3) is 0 Å². The highest BCUT2D eigenvalue weighted by Crippen LogP contribution is 2.38. The number of allylic oxidation sites excluding steroid dienone is 5. The number of hydrogen-bond acceptors (Lipinski definition) is 5. The van der Waals surface area contributed by atoms with Crippen molar-refractivity contribution in [2.75, 3.05) is 14.2 Å². The van der Waals surface area contributed by atoms with Crippen LogP contribution in [0.3, 0.4) is 0 Å². The molecule has 7 heteroatoms. The van der Waals surface area contributed by atoms with Crippen LogP contribution in [0.4, 0.5) is 0 Å². The Hall–Kier alpha value is -3.87. The van der Waals surface area contributed by atoms with Gasteiger partial charge in [-0.05, 0) is 62.1 Å². The summed E-state index contributed by atoms with van der Waals surface area (Å²) in [6.07, 6.45) is 21.3. The maximum Gasteiger partial charge on any atom is 0.174 e. The highest BCUT2D eigenvalue weighted by Gasteiger charge is 2.37. The van der Waals surface area contributed by atoms with E-state index >= 15 is 0 Å². The van der Waals surface area contributed by atoms with Crippen LogP contribution in [0.5, 0.6) is 5.75 Å². The zero-order valence-corrected chi connectivity index (χ0v) is 19.8. The van der Waals surface area contributed by atoms with Crippen molar-refractivity contribution in [2.24, 2.45) is 0 Å². The summed E-state index contributed by atoms with van der Waals surface area (Å²) < 4.78 is 15.0. The minimum atomic E-state index is -0.141. The summed E-state index contributed by atoms with van der Waals surface area (Å²) in [5, 5.41) is 4.79. The van der Waals surface area contributed by atoms with E-state index in [1.165, 1.54) is 0 Å². The van der Waals surface area contributed by atoms with Gasteiger partial charge in [0, 0.05) is 12.7 Å². The van der Waals surface area contributed by atoms with E-state index in [4.69, 9.17) is 19.6 Å². The van der Waals surface area contributed by atoms with Gasteiger partial charge >= 0.3 is 0 Å². The number of benzene rings is 1. The molecule has 3 aromatic rings. The fraction of sp³-hybridized carbons (Fsp3) is 0.296. The lowest BCUT2D eigenvalue weighted by molar-refractivity contribution is 0.305. The first-order valence-corrected chi connectivity index (χ1v) is 11.5. The Balaban J connectivity index is 1.42. The number of hydrogen-bond donors (Lipinski definition) is 0. The summed E-state index contributed by atoms with van der Waals surface area (Å²) in [6, 6.07) is 6.11. The predicted octanol–water partition coefficient (Wildman–Crippen LogP) is 5.03. The number of rotatable bonds is 5. The van der Waals surface area contributed by atoms with Crippen molar-refractivity contribution in [2.45, 2.75) is 38.1 Å². The lowest BCUT2D eigenvalue weighted by Gasteiger charge is -2.33. The molecule has 1 unspecified atom stereocenters. The standard InChI is InChI=1S/C27H29N5O2/c1-20-18-31(19-28-20)23-11-9-21(17-24(23)34-3)10-12-25-29-26-27(15-6-16-32(26)30-25)13-4-7-22(33-2)8-5-14-27/h4-5,7-13,17-19H,6,14-16H2,1-3H3/b8-5-,12-10+,13-4+,22-7-. The molecule has 1 spiro atoms. The fourth-order valence-electron chi connectivity index (χ4n) is 4.67. The van der Waals surface area contributed by atoms with E-state index in [0.29, 0.717) is 0 Å². The van der Waals surface area contributed by atoms with E-state index in [0.717, 1.165) is 65.9 Å². The summed E-state index contributed by atoms with van der Waals surface area (Å²) >= 11 is 0. The van der Waals surface area contributed by atoms with E-state index in [9.17, 15) is 0 Å². The second-order valence-electron chi connectivity index (χ2n) is 8.70. The Labute approximate surface area is 199 Å². The van der Waals surface area contributed by atoms with Gasteiger partial charge in [0.05, 0.1) is 37.3 Å². The smallest absolute Gasteiger partial charge is 0.174 e. The number of nitrogens with zero attached hydrogens (tertiary/aromatic N) is 5. The molecule has 1 aromatic carbocycles. The third kappa shape index (κ3) is 4.21. The van der Waals surface area contributed by atoms with E-state index in [1.54, 1.807) is 20.5 Å². The molecular formula is C27H29N5O2. The van der Waals surface area contributed by atoms with Crippen molar-refractivity contribution in [3.63, 3.8) is 0 Å². The Morgan fingerprint density at radius 2 is 2.06 bits per heavy atom. The first-order chi connectivity index (χ1) is 16.6. The van der Waals surface area contributed by atoms with E-state index in [2.05, 4.69) is 34.0 Å². The predicted molar refractivity (Wildman–Crippen MR) is 133 cm³/mol. The maximum atomic E-state index is 5.64. The molecule has 7 nitrogen and oxygen atoms in total. The SMILES string of the molecule is COC1=C\C=C\C2(C/C=C\1)CCCn1nc(/C=C/c3ccc(-n4cnc(C)c4)c(OC)c3)nc12. The van der Waals surface area contributed by atoms with Gasteiger partial charge in [-0.1, -0.05) is 30.4 Å². The van der Waals surface area contributed by atoms with Crippen LogP contribution in [-0.2, 0) is 16.7 Å². The summed E-state index contributed by atoms with van der Waals surface area (Å²) in [7, 11) is 3.38. The first kappa shape index (κ1) is 21.9. The zero-order chi connectivity index (χ0) is 23.5. The molecule has 0 saturated carbocycles. The molecule has 0 N–H and O–H groups in total. The Kier molecular flexibility index (Phi) is 5.92. The van der Waals surface area contributed by atoms with Gasteiger partial charge in [0.1, 0.15) is 17.3 Å². The summed E-state index contributed by atoms with van der Waals surface area (Å²) in [5.74, 6) is 3.39. The van der Waals surface area contributed by atoms with Crippen LogP contribution in [-0.4, -0.2) is 38.5 Å². The van der Waals surface area contributed by atoms with E-state index in [1.807, 2.05) is 54.1 Å². The quantitative estimate of drug-likeness (QED) is 0.540. The van der Waals surface area contributed by atoms with Crippen LogP contribution in [0.15, 0.2) is 66.9 Å². The Morgan fingerprint density at radius 1 is 1.15 bits per heavy atom. The molecule has 5 rings (SSSR count). The molecule has 0 amide bonds. The molecule has 174 valence electrons. The van der Waals surface area contributed by atoms with Gasteiger partial charge in [0.15, 0.2) is 5.82 Å². The largest absolute Gasteiger partial charge is 0.497 e. The van der Waals surface area contributed by atoms with Crippen molar-refractivity contribution in [3.05, 3.63) is 89.8 Å². The van der Waals surface area contributed by atoms with Gasteiger partial charge in [-0.2, -0.15) is 5.10 Å². The van der Waals surface area contributed by atoms with Crippen LogP contribution in [0, 0.1) is 6.92 Å². The molecule has 0 radical (unpaired) electrons. The number of methoxy groups -OCH3 is 2. The monoisotopic (exact) mass is 455 g/mol. The molecule has 1 aliphatic carbocycles. The van der Waals surface area contributed by atoms with Crippen LogP contribution < -0.4 is 4.74 Å². The second kappa shape index (κ2) is 9.17. The maximum absolute atomic E-state index is 5.64. The minimum absolute atomic E-state index is 0.141. The lowest BCUT2D eigenvalue weighted by Crippen LogP contribution is -2.32. The number of imidazole rings is 1. The first-order valence-electron chi connectivity index (χ1n) is 11.5. The highest BCUT2D eigenvalue weighted by atomic mass is 16.5. The molecule has 34 heavy (non-hydrogen) atoms. The average Bonchev–Trinajstić information content (AvgIpc) is 3.46. The molecule has 0 saturated heterocycles. The van der Waals surface area contributed by atoms with Gasteiger partial charge < -0.3 is 14.0 Å². The third-order valence-electron chi connectivity index (χ3n) is 6.42. The number of aromatic nitrogens is 5. The van der Waals surface area contributed by atoms with Crippen molar-refractivity contribution in [1.29, 1.82) is 0 Å². The number of fused-ring (bicyclic) bond motifs is 2. The Bertz CT molecular complexity index is 1310. The molecule has 2 aliphatic rings. The van der Waals surface area contributed by atoms with E-state index in [-0.39, 0.29) is 5.41 Å². The normalized spacial score (nSPS) is 23.1. The molecule has 3 heterocycles. The van der Waals surface area contributed by atoms with Crippen LogP contribution in [0.2, 0.25) is 0 Å². The van der Waals surface area contributed by atoms with Gasteiger partial charge in [0.2, 0.25) is 0 Å². The fourth-order valence-corrected chi connectivity index (χ4v) is 4.67. The zero-order valence-electron chi connectivity index (χ0n) is 19.8. The van der Waals surface area contributed by atoms with Crippen LogP contribution >= 0.6 is 0 Å². The molecule has 0 bridgehead atoms.